The van der Waals surface area contributed by atoms with Crippen LogP contribution in [0, 0.1) is 5.92 Å². The molecule has 0 fully saturated rings. The molecule has 78 valence electrons. The lowest BCUT2D eigenvalue weighted by Gasteiger charge is -2.28. The normalized spacial score (nSPS) is 14.0. The van der Waals surface area contributed by atoms with Crippen LogP contribution in [0.5, 0.6) is 0 Å². The van der Waals surface area contributed by atoms with Crippen LogP contribution >= 0.6 is 0 Å². The van der Waals surface area contributed by atoms with E-state index < -0.39 is 0 Å². The summed E-state index contributed by atoms with van der Waals surface area (Å²) in [5.74, 6) is 0.588. The van der Waals surface area contributed by atoms with Crippen LogP contribution in [0.2, 0.25) is 0 Å². The van der Waals surface area contributed by atoms with Crippen LogP contribution in [0.15, 0.2) is 30.3 Å². The van der Waals surface area contributed by atoms with Gasteiger partial charge < -0.3 is 5.73 Å². The van der Waals surface area contributed by atoms with Gasteiger partial charge in [-0.15, -0.1) is 0 Å². The van der Waals surface area contributed by atoms with Crippen molar-refractivity contribution in [3.63, 3.8) is 0 Å². The SMILES string of the molecule is CC(CN)CC(C)(C)c1ccccc1. The van der Waals surface area contributed by atoms with Gasteiger partial charge in [-0.2, -0.15) is 0 Å². The van der Waals surface area contributed by atoms with Crippen molar-refractivity contribution in [2.45, 2.75) is 32.6 Å². The second-order valence-electron chi connectivity index (χ2n) is 4.79. The van der Waals surface area contributed by atoms with Crippen LogP contribution in [0.1, 0.15) is 32.8 Å². The molecule has 0 bridgehead atoms. The Hall–Kier alpha value is -0.820. The van der Waals surface area contributed by atoms with Crippen LogP contribution in [0.4, 0.5) is 0 Å². The van der Waals surface area contributed by atoms with E-state index in [9.17, 15) is 0 Å². The first-order valence-electron chi connectivity index (χ1n) is 5.32. The van der Waals surface area contributed by atoms with Gasteiger partial charge in [-0.3, -0.25) is 0 Å². The maximum Gasteiger partial charge on any atom is -0.00512 e. The first-order chi connectivity index (χ1) is 6.56. The van der Waals surface area contributed by atoms with Gasteiger partial charge in [0.15, 0.2) is 0 Å². The van der Waals surface area contributed by atoms with E-state index in [2.05, 4.69) is 51.1 Å². The molecule has 2 N–H and O–H groups in total. The van der Waals surface area contributed by atoms with Crippen molar-refractivity contribution >= 4 is 0 Å². The van der Waals surface area contributed by atoms with Crippen molar-refractivity contribution in [2.75, 3.05) is 6.54 Å². The summed E-state index contributed by atoms with van der Waals surface area (Å²) in [7, 11) is 0. The minimum absolute atomic E-state index is 0.236. The van der Waals surface area contributed by atoms with Crippen molar-refractivity contribution in [1.82, 2.24) is 0 Å². The van der Waals surface area contributed by atoms with Gasteiger partial charge in [0.1, 0.15) is 0 Å². The van der Waals surface area contributed by atoms with Crippen molar-refractivity contribution in [3.8, 4) is 0 Å². The van der Waals surface area contributed by atoms with Gasteiger partial charge in [0, 0.05) is 0 Å². The highest BCUT2D eigenvalue weighted by Crippen LogP contribution is 2.29. The van der Waals surface area contributed by atoms with E-state index in [1.165, 1.54) is 5.56 Å². The second kappa shape index (κ2) is 4.61. The van der Waals surface area contributed by atoms with E-state index in [0.29, 0.717) is 5.92 Å². The molecule has 1 atom stereocenters. The molecule has 0 aliphatic carbocycles. The Morgan fingerprint density at radius 3 is 2.29 bits per heavy atom. The number of nitrogens with two attached hydrogens (primary N) is 1. The molecule has 0 spiro atoms. The summed E-state index contributed by atoms with van der Waals surface area (Å²) in [5, 5.41) is 0. The highest BCUT2D eigenvalue weighted by Gasteiger charge is 2.22. The molecule has 14 heavy (non-hydrogen) atoms. The van der Waals surface area contributed by atoms with Crippen LogP contribution in [0.3, 0.4) is 0 Å². The Morgan fingerprint density at radius 1 is 1.21 bits per heavy atom. The molecule has 0 aliphatic rings. The van der Waals surface area contributed by atoms with Crippen molar-refractivity contribution in [1.29, 1.82) is 0 Å². The second-order valence-corrected chi connectivity index (χ2v) is 4.79. The predicted octanol–water partition coefficient (Wildman–Crippen LogP) is 2.95. The van der Waals surface area contributed by atoms with Crippen molar-refractivity contribution in [2.24, 2.45) is 11.7 Å². The van der Waals surface area contributed by atoms with Crippen molar-refractivity contribution < 1.29 is 0 Å². The Labute approximate surface area is 87.3 Å². The van der Waals surface area contributed by atoms with E-state index in [0.717, 1.165) is 13.0 Å². The van der Waals surface area contributed by atoms with Crippen LogP contribution < -0.4 is 5.73 Å². The predicted molar refractivity (Wildman–Crippen MR) is 62.3 cm³/mol. The van der Waals surface area contributed by atoms with Gasteiger partial charge in [0.05, 0.1) is 0 Å². The van der Waals surface area contributed by atoms with E-state index >= 15 is 0 Å². The average Bonchev–Trinajstić information content (AvgIpc) is 2.18. The first kappa shape index (κ1) is 11.3. The number of rotatable bonds is 4. The molecule has 1 aromatic rings. The minimum atomic E-state index is 0.236. The van der Waals surface area contributed by atoms with Gasteiger partial charge >= 0.3 is 0 Å². The zero-order chi connectivity index (χ0) is 10.6. The maximum absolute atomic E-state index is 5.66. The van der Waals surface area contributed by atoms with Gasteiger partial charge in [0.2, 0.25) is 0 Å². The highest BCUT2D eigenvalue weighted by atomic mass is 14.5. The molecule has 1 nitrogen and oxygen atoms in total. The third-order valence-electron chi connectivity index (χ3n) is 2.82. The monoisotopic (exact) mass is 191 g/mol. The summed E-state index contributed by atoms with van der Waals surface area (Å²) >= 11 is 0. The highest BCUT2D eigenvalue weighted by molar-refractivity contribution is 5.23. The molecule has 0 radical (unpaired) electrons. The van der Waals surface area contributed by atoms with Gasteiger partial charge in [-0.05, 0) is 29.9 Å². The van der Waals surface area contributed by atoms with Crippen LogP contribution in [-0.2, 0) is 5.41 Å². The topological polar surface area (TPSA) is 26.0 Å². The molecule has 1 heteroatoms. The average molecular weight is 191 g/mol. The summed E-state index contributed by atoms with van der Waals surface area (Å²) < 4.78 is 0. The quantitative estimate of drug-likeness (QED) is 0.778. The zero-order valence-electron chi connectivity index (χ0n) is 9.46. The lowest BCUT2D eigenvalue weighted by atomic mass is 9.77. The van der Waals surface area contributed by atoms with Gasteiger partial charge in [-0.25, -0.2) is 0 Å². The molecule has 1 unspecified atom stereocenters. The third-order valence-corrected chi connectivity index (χ3v) is 2.82. The molecule has 1 rings (SSSR count). The summed E-state index contributed by atoms with van der Waals surface area (Å²) in [5.41, 5.74) is 7.30. The lowest BCUT2D eigenvalue weighted by Crippen LogP contribution is -2.24. The maximum atomic E-state index is 5.66. The molecule has 0 aliphatic heterocycles. The minimum Gasteiger partial charge on any atom is -0.330 e. The van der Waals surface area contributed by atoms with Gasteiger partial charge in [-0.1, -0.05) is 51.1 Å². The Balaban J connectivity index is 2.75. The summed E-state index contributed by atoms with van der Waals surface area (Å²) in [6.45, 7) is 7.56. The fourth-order valence-electron chi connectivity index (χ4n) is 1.96. The molecule has 0 saturated carbocycles. The van der Waals surface area contributed by atoms with Gasteiger partial charge in [0.25, 0.3) is 0 Å². The Bertz CT molecular complexity index is 264. The summed E-state index contributed by atoms with van der Waals surface area (Å²) in [4.78, 5) is 0. The lowest BCUT2D eigenvalue weighted by molar-refractivity contribution is 0.385. The zero-order valence-corrected chi connectivity index (χ0v) is 9.46. The Morgan fingerprint density at radius 2 is 1.79 bits per heavy atom. The number of benzene rings is 1. The summed E-state index contributed by atoms with van der Waals surface area (Å²) in [6.07, 6.45) is 1.15. The molecular weight excluding hydrogens is 170 g/mol. The fourth-order valence-corrected chi connectivity index (χ4v) is 1.96. The van der Waals surface area contributed by atoms with Crippen LogP contribution in [0.25, 0.3) is 0 Å². The number of hydrogen-bond donors (Lipinski definition) is 1. The third kappa shape index (κ3) is 2.85. The van der Waals surface area contributed by atoms with Crippen LogP contribution in [-0.4, -0.2) is 6.54 Å². The molecule has 0 amide bonds. The Kier molecular flexibility index (Phi) is 3.70. The molecule has 0 saturated heterocycles. The first-order valence-corrected chi connectivity index (χ1v) is 5.32. The standard InChI is InChI=1S/C13H21N/c1-11(10-14)9-13(2,3)12-7-5-4-6-8-12/h4-8,11H,9-10,14H2,1-3H3. The molecular formula is C13H21N. The fraction of sp³-hybridized carbons (Fsp3) is 0.538. The van der Waals surface area contributed by atoms with E-state index in [1.54, 1.807) is 0 Å². The number of hydrogen-bond acceptors (Lipinski definition) is 1. The van der Waals surface area contributed by atoms with E-state index in [4.69, 9.17) is 5.73 Å². The molecule has 0 aromatic heterocycles. The smallest absolute Gasteiger partial charge is 0.00512 e. The van der Waals surface area contributed by atoms with Crippen molar-refractivity contribution in [3.05, 3.63) is 35.9 Å². The largest absolute Gasteiger partial charge is 0.330 e. The molecule has 1 aromatic carbocycles. The van der Waals surface area contributed by atoms with E-state index in [-0.39, 0.29) is 5.41 Å². The summed E-state index contributed by atoms with van der Waals surface area (Å²) in [6, 6.07) is 10.7. The molecule has 0 heterocycles. The van der Waals surface area contributed by atoms with E-state index in [1.807, 2.05) is 0 Å².